The Balaban J connectivity index is 1.59. The SMILES string of the molecule is O=c1c2ccccc2nc(-c2cccc(C(F)(F)F)c2)n1N=Cc1cc(Cl)ccc1OCc1ccc(F)cc1. The quantitative estimate of drug-likeness (QED) is 0.164. The first-order chi connectivity index (χ1) is 18.7. The van der Waals surface area contributed by atoms with E-state index < -0.39 is 17.3 Å². The number of hydrogen-bond acceptors (Lipinski definition) is 4. The highest BCUT2D eigenvalue weighted by atomic mass is 35.5. The molecular weight excluding hydrogens is 534 g/mol. The van der Waals surface area contributed by atoms with Crippen LogP contribution in [-0.4, -0.2) is 15.9 Å². The Hall–Kier alpha value is -4.50. The summed E-state index contributed by atoms with van der Waals surface area (Å²) in [6.45, 7) is 0.121. The predicted molar refractivity (Wildman–Crippen MR) is 142 cm³/mol. The van der Waals surface area contributed by atoms with Crippen molar-refractivity contribution in [1.29, 1.82) is 0 Å². The maximum absolute atomic E-state index is 13.4. The van der Waals surface area contributed by atoms with E-state index >= 15 is 0 Å². The summed E-state index contributed by atoms with van der Waals surface area (Å²) in [5.41, 5.74) is 0.0381. The Morgan fingerprint density at radius 2 is 1.72 bits per heavy atom. The van der Waals surface area contributed by atoms with E-state index in [2.05, 4.69) is 10.1 Å². The molecular formula is C29H18ClF4N3O2. The highest BCUT2D eigenvalue weighted by Crippen LogP contribution is 2.32. The molecule has 1 aromatic heterocycles. The number of rotatable bonds is 6. The molecule has 0 amide bonds. The Morgan fingerprint density at radius 3 is 2.49 bits per heavy atom. The van der Waals surface area contributed by atoms with E-state index in [1.165, 1.54) is 30.5 Å². The number of hydrogen-bond donors (Lipinski definition) is 0. The van der Waals surface area contributed by atoms with E-state index in [1.807, 2.05) is 0 Å². The van der Waals surface area contributed by atoms with Crippen molar-refractivity contribution in [3.05, 3.63) is 129 Å². The first-order valence-corrected chi connectivity index (χ1v) is 12.0. The monoisotopic (exact) mass is 551 g/mol. The van der Waals surface area contributed by atoms with Crippen LogP contribution >= 0.6 is 11.6 Å². The third kappa shape index (κ3) is 5.83. The van der Waals surface area contributed by atoms with Crippen molar-refractivity contribution < 1.29 is 22.3 Å². The number of aromatic nitrogens is 2. The van der Waals surface area contributed by atoms with E-state index in [9.17, 15) is 22.4 Å². The molecule has 5 aromatic rings. The summed E-state index contributed by atoms with van der Waals surface area (Å²) < 4.78 is 60.3. The molecule has 10 heteroatoms. The van der Waals surface area contributed by atoms with E-state index in [4.69, 9.17) is 16.3 Å². The van der Waals surface area contributed by atoms with Gasteiger partial charge in [0.05, 0.1) is 22.7 Å². The first kappa shape index (κ1) is 26.1. The molecule has 0 aliphatic carbocycles. The molecule has 0 spiro atoms. The molecule has 5 nitrogen and oxygen atoms in total. The molecule has 0 atom stereocenters. The average Bonchev–Trinajstić information content (AvgIpc) is 2.92. The van der Waals surface area contributed by atoms with E-state index in [-0.39, 0.29) is 29.2 Å². The van der Waals surface area contributed by atoms with E-state index in [1.54, 1.807) is 54.6 Å². The van der Waals surface area contributed by atoms with Gasteiger partial charge in [0.15, 0.2) is 5.82 Å². The zero-order valence-electron chi connectivity index (χ0n) is 20.0. The van der Waals surface area contributed by atoms with Gasteiger partial charge in [-0.15, -0.1) is 0 Å². The van der Waals surface area contributed by atoms with Crippen LogP contribution in [0.2, 0.25) is 5.02 Å². The summed E-state index contributed by atoms with van der Waals surface area (Å²) in [4.78, 5) is 17.9. The Labute approximate surface area is 224 Å². The lowest BCUT2D eigenvalue weighted by atomic mass is 10.1. The molecule has 0 unspecified atom stereocenters. The minimum Gasteiger partial charge on any atom is -0.488 e. The molecule has 1 heterocycles. The second-order valence-electron chi connectivity index (χ2n) is 8.49. The molecule has 0 N–H and O–H groups in total. The third-order valence-electron chi connectivity index (χ3n) is 5.79. The number of alkyl halides is 3. The number of benzene rings is 4. The van der Waals surface area contributed by atoms with Gasteiger partial charge in [-0.1, -0.05) is 48.0 Å². The molecule has 0 bridgehead atoms. The van der Waals surface area contributed by atoms with Gasteiger partial charge in [0.25, 0.3) is 5.56 Å². The van der Waals surface area contributed by atoms with Crippen LogP contribution in [0, 0.1) is 5.82 Å². The second-order valence-corrected chi connectivity index (χ2v) is 8.93. The fourth-order valence-corrected chi connectivity index (χ4v) is 4.05. The molecule has 4 aromatic carbocycles. The minimum atomic E-state index is -4.58. The number of fused-ring (bicyclic) bond motifs is 1. The van der Waals surface area contributed by atoms with Crippen LogP contribution in [0.25, 0.3) is 22.3 Å². The number of para-hydroxylation sites is 1. The number of nitrogens with zero attached hydrogens (tertiary/aromatic N) is 3. The summed E-state index contributed by atoms with van der Waals surface area (Å²) >= 11 is 6.18. The normalized spacial score (nSPS) is 11.8. The van der Waals surface area contributed by atoms with Crippen LogP contribution in [0.5, 0.6) is 5.75 Å². The molecule has 0 saturated heterocycles. The summed E-state index contributed by atoms with van der Waals surface area (Å²) in [6.07, 6.45) is -3.26. The lowest BCUT2D eigenvalue weighted by Gasteiger charge is -2.13. The van der Waals surface area contributed by atoms with Gasteiger partial charge in [0, 0.05) is 16.1 Å². The predicted octanol–water partition coefficient (Wildman–Crippen LogP) is 7.34. The fraction of sp³-hybridized carbons (Fsp3) is 0.0690. The standard InChI is InChI=1S/C29H18ClF4N3O2/c30-22-10-13-26(39-17-18-8-11-23(31)12-9-18)20(15-22)16-35-37-27(19-4-3-5-21(14-19)29(32,33)34)36-25-7-2-1-6-24(25)28(37)38/h1-16H,17H2. The Bertz CT molecular complexity index is 1750. The smallest absolute Gasteiger partial charge is 0.416 e. The number of ether oxygens (including phenoxy) is 1. The second kappa shape index (κ2) is 10.7. The third-order valence-corrected chi connectivity index (χ3v) is 6.03. The highest BCUT2D eigenvalue weighted by molar-refractivity contribution is 6.30. The van der Waals surface area contributed by atoms with Crippen LogP contribution < -0.4 is 10.3 Å². The van der Waals surface area contributed by atoms with Crippen molar-refractivity contribution in [2.45, 2.75) is 12.8 Å². The fourth-order valence-electron chi connectivity index (χ4n) is 3.87. The van der Waals surface area contributed by atoms with Gasteiger partial charge in [-0.25, -0.2) is 9.37 Å². The van der Waals surface area contributed by atoms with E-state index in [0.717, 1.165) is 22.4 Å². The topological polar surface area (TPSA) is 56.5 Å². The first-order valence-electron chi connectivity index (χ1n) is 11.6. The van der Waals surface area contributed by atoms with Gasteiger partial charge in [-0.3, -0.25) is 4.79 Å². The van der Waals surface area contributed by atoms with Crippen molar-refractivity contribution in [1.82, 2.24) is 9.66 Å². The van der Waals surface area contributed by atoms with Crippen LogP contribution in [0.4, 0.5) is 17.6 Å². The van der Waals surface area contributed by atoms with Gasteiger partial charge >= 0.3 is 6.18 Å². The lowest BCUT2D eigenvalue weighted by Crippen LogP contribution is -2.20. The van der Waals surface area contributed by atoms with E-state index in [0.29, 0.717) is 21.9 Å². The summed E-state index contributed by atoms with van der Waals surface area (Å²) in [7, 11) is 0. The maximum Gasteiger partial charge on any atom is 0.416 e. The van der Waals surface area contributed by atoms with Crippen molar-refractivity contribution in [3.8, 4) is 17.1 Å². The molecule has 0 radical (unpaired) electrons. The van der Waals surface area contributed by atoms with Crippen LogP contribution in [0.3, 0.4) is 0 Å². The van der Waals surface area contributed by atoms with Crippen LogP contribution in [0.1, 0.15) is 16.7 Å². The van der Waals surface area contributed by atoms with Crippen molar-refractivity contribution in [2.24, 2.45) is 5.10 Å². The Morgan fingerprint density at radius 1 is 0.949 bits per heavy atom. The average molecular weight is 552 g/mol. The molecule has 39 heavy (non-hydrogen) atoms. The number of halogens is 5. The zero-order chi connectivity index (χ0) is 27.6. The van der Waals surface area contributed by atoms with Crippen molar-refractivity contribution in [2.75, 3.05) is 0 Å². The van der Waals surface area contributed by atoms with Crippen molar-refractivity contribution in [3.63, 3.8) is 0 Å². The van der Waals surface area contributed by atoms with Crippen LogP contribution in [-0.2, 0) is 12.8 Å². The molecule has 0 fully saturated rings. The highest BCUT2D eigenvalue weighted by Gasteiger charge is 2.31. The Kier molecular flexibility index (Phi) is 7.17. The van der Waals surface area contributed by atoms with Gasteiger partial charge in [0.1, 0.15) is 18.2 Å². The van der Waals surface area contributed by atoms with Gasteiger partial charge in [0.2, 0.25) is 0 Å². The minimum absolute atomic E-state index is 0.0590. The lowest BCUT2D eigenvalue weighted by molar-refractivity contribution is -0.137. The maximum atomic E-state index is 13.4. The van der Waals surface area contributed by atoms with Crippen LogP contribution in [0.15, 0.2) is 101 Å². The molecule has 0 saturated carbocycles. The molecule has 5 rings (SSSR count). The van der Waals surface area contributed by atoms with Crippen molar-refractivity contribution >= 4 is 28.7 Å². The van der Waals surface area contributed by atoms with Gasteiger partial charge in [-0.05, 0) is 60.2 Å². The molecule has 196 valence electrons. The van der Waals surface area contributed by atoms with Gasteiger partial charge in [-0.2, -0.15) is 22.9 Å². The summed E-state index contributed by atoms with van der Waals surface area (Å²) in [5, 5.41) is 4.92. The summed E-state index contributed by atoms with van der Waals surface area (Å²) in [5.74, 6) is -0.0733. The summed E-state index contributed by atoms with van der Waals surface area (Å²) in [6, 6.07) is 21.6. The molecule has 0 aliphatic heterocycles. The zero-order valence-corrected chi connectivity index (χ0v) is 20.7. The van der Waals surface area contributed by atoms with Gasteiger partial charge < -0.3 is 4.74 Å². The molecule has 0 aliphatic rings. The largest absolute Gasteiger partial charge is 0.488 e.